The van der Waals surface area contributed by atoms with Crippen molar-refractivity contribution in [1.82, 2.24) is 0 Å². The van der Waals surface area contributed by atoms with Crippen LogP contribution in [-0.2, 0) is 18.1 Å². The Kier molecular flexibility index (Phi) is 3.77. The van der Waals surface area contributed by atoms with Crippen LogP contribution in [0.5, 0.6) is 0 Å². The minimum absolute atomic E-state index is 0.301. The molecule has 1 saturated heterocycles. The highest BCUT2D eigenvalue weighted by Crippen LogP contribution is 2.54. The van der Waals surface area contributed by atoms with Crippen LogP contribution < -0.4 is 0 Å². The summed E-state index contributed by atoms with van der Waals surface area (Å²) in [5.41, 5.74) is 0.954. The average molecular weight is 242 g/mol. The maximum Gasteiger partial charge on any atom is 0.475 e. The molecule has 2 rings (SSSR count). The molecule has 1 aromatic carbocycles. The molecular weight excluding hydrogens is 227 g/mol. The molecule has 0 aromatic heterocycles. The molecule has 1 aliphatic heterocycles. The molecule has 0 radical (unpaired) electrons. The maximum atomic E-state index is 12.0. The summed E-state index contributed by atoms with van der Waals surface area (Å²) in [5.74, 6) is 0. The van der Waals surface area contributed by atoms with Crippen LogP contribution in [0.2, 0.25) is 0 Å². The standard InChI is InChI=1S/C11H15O4P/c1-10(11-6-3-2-4-7-11)15-16(12)13-8-5-9-14-16/h2-4,6-7,10H,5,8-9H2,1H3/t10-/m1/s1. The third-order valence-electron chi connectivity index (χ3n) is 2.34. The summed E-state index contributed by atoms with van der Waals surface area (Å²) in [6.07, 6.45) is 0.456. The van der Waals surface area contributed by atoms with Gasteiger partial charge in [0, 0.05) is 0 Å². The van der Waals surface area contributed by atoms with Gasteiger partial charge in [0.15, 0.2) is 0 Å². The smallest absolute Gasteiger partial charge is 0.287 e. The maximum absolute atomic E-state index is 12.0. The number of hydrogen-bond acceptors (Lipinski definition) is 4. The van der Waals surface area contributed by atoms with Gasteiger partial charge >= 0.3 is 7.82 Å². The fourth-order valence-corrected chi connectivity index (χ4v) is 2.90. The highest BCUT2D eigenvalue weighted by atomic mass is 31.2. The molecule has 1 aliphatic rings. The van der Waals surface area contributed by atoms with Crippen LogP contribution in [0.3, 0.4) is 0 Å². The van der Waals surface area contributed by atoms with Crippen molar-refractivity contribution < 1.29 is 18.1 Å². The molecule has 0 aliphatic carbocycles. The van der Waals surface area contributed by atoms with E-state index in [0.29, 0.717) is 13.2 Å². The van der Waals surface area contributed by atoms with E-state index < -0.39 is 7.82 Å². The second-order valence-corrected chi connectivity index (χ2v) is 5.25. The predicted octanol–water partition coefficient (Wildman–Crippen LogP) is 3.31. The molecule has 88 valence electrons. The summed E-state index contributed by atoms with van der Waals surface area (Å²) in [5, 5.41) is 0. The van der Waals surface area contributed by atoms with Crippen LogP contribution >= 0.6 is 7.82 Å². The first-order chi connectivity index (χ1) is 7.70. The third kappa shape index (κ3) is 2.92. The van der Waals surface area contributed by atoms with Crippen molar-refractivity contribution in [3.05, 3.63) is 35.9 Å². The Hall–Kier alpha value is -0.670. The molecule has 1 fully saturated rings. The van der Waals surface area contributed by atoms with Gasteiger partial charge in [0.2, 0.25) is 0 Å². The fraction of sp³-hybridized carbons (Fsp3) is 0.455. The van der Waals surface area contributed by atoms with Gasteiger partial charge in [-0.05, 0) is 18.9 Å². The minimum atomic E-state index is -3.34. The zero-order chi connectivity index (χ0) is 11.4. The molecule has 0 N–H and O–H groups in total. The first kappa shape index (κ1) is 11.8. The quantitative estimate of drug-likeness (QED) is 0.763. The average Bonchev–Trinajstić information content (AvgIpc) is 2.30. The van der Waals surface area contributed by atoms with Gasteiger partial charge in [-0.1, -0.05) is 30.3 Å². The molecule has 0 unspecified atom stereocenters. The van der Waals surface area contributed by atoms with Gasteiger partial charge < -0.3 is 0 Å². The summed E-state index contributed by atoms with van der Waals surface area (Å²) in [4.78, 5) is 0. The van der Waals surface area contributed by atoms with E-state index in [1.165, 1.54) is 0 Å². The van der Waals surface area contributed by atoms with Crippen molar-refractivity contribution in [2.45, 2.75) is 19.4 Å². The van der Waals surface area contributed by atoms with Crippen molar-refractivity contribution in [2.24, 2.45) is 0 Å². The number of benzene rings is 1. The minimum Gasteiger partial charge on any atom is -0.287 e. The van der Waals surface area contributed by atoms with Crippen LogP contribution in [0.4, 0.5) is 0 Å². The van der Waals surface area contributed by atoms with Crippen molar-refractivity contribution in [2.75, 3.05) is 13.2 Å². The number of rotatable bonds is 3. The molecule has 1 aromatic rings. The Morgan fingerprint density at radius 1 is 1.25 bits per heavy atom. The summed E-state index contributed by atoms with van der Waals surface area (Å²) >= 11 is 0. The molecule has 1 heterocycles. The largest absolute Gasteiger partial charge is 0.475 e. The molecule has 5 heteroatoms. The Balaban J connectivity index is 2.01. The van der Waals surface area contributed by atoms with E-state index in [9.17, 15) is 4.57 Å². The molecule has 0 bridgehead atoms. The van der Waals surface area contributed by atoms with E-state index >= 15 is 0 Å². The Morgan fingerprint density at radius 2 is 1.88 bits per heavy atom. The lowest BCUT2D eigenvalue weighted by atomic mass is 10.1. The fourth-order valence-electron chi connectivity index (χ4n) is 1.49. The van der Waals surface area contributed by atoms with Gasteiger partial charge in [0.25, 0.3) is 0 Å². The van der Waals surface area contributed by atoms with E-state index in [4.69, 9.17) is 13.6 Å². The molecular formula is C11H15O4P. The second kappa shape index (κ2) is 5.11. The van der Waals surface area contributed by atoms with E-state index in [1.807, 2.05) is 37.3 Å². The summed E-state index contributed by atoms with van der Waals surface area (Å²) in [6.45, 7) is 2.69. The first-order valence-electron chi connectivity index (χ1n) is 5.32. The lowest BCUT2D eigenvalue weighted by Crippen LogP contribution is -2.11. The van der Waals surface area contributed by atoms with Gasteiger partial charge in [0.05, 0.1) is 19.3 Å². The monoisotopic (exact) mass is 242 g/mol. The van der Waals surface area contributed by atoms with Crippen molar-refractivity contribution >= 4 is 7.82 Å². The molecule has 0 amide bonds. The van der Waals surface area contributed by atoms with Crippen molar-refractivity contribution in [3.63, 3.8) is 0 Å². The predicted molar refractivity (Wildman–Crippen MR) is 60.1 cm³/mol. The second-order valence-electron chi connectivity index (χ2n) is 3.63. The van der Waals surface area contributed by atoms with Crippen molar-refractivity contribution in [3.8, 4) is 0 Å². The lowest BCUT2D eigenvalue weighted by molar-refractivity contribution is 0.0534. The molecule has 16 heavy (non-hydrogen) atoms. The van der Waals surface area contributed by atoms with Crippen molar-refractivity contribution in [1.29, 1.82) is 0 Å². The lowest BCUT2D eigenvalue weighted by Gasteiger charge is -2.25. The zero-order valence-corrected chi connectivity index (χ0v) is 10.1. The highest BCUT2D eigenvalue weighted by Gasteiger charge is 2.32. The number of hydrogen-bond donors (Lipinski definition) is 0. The van der Waals surface area contributed by atoms with Gasteiger partial charge in [-0.25, -0.2) is 4.57 Å². The van der Waals surface area contributed by atoms with Crippen LogP contribution in [-0.4, -0.2) is 13.2 Å². The van der Waals surface area contributed by atoms with Gasteiger partial charge in [-0.2, -0.15) is 0 Å². The zero-order valence-electron chi connectivity index (χ0n) is 9.17. The topological polar surface area (TPSA) is 44.8 Å². The number of phosphoric acid groups is 1. The normalized spacial score (nSPS) is 21.6. The summed E-state index contributed by atoms with van der Waals surface area (Å²) in [7, 11) is -3.34. The van der Waals surface area contributed by atoms with Crippen LogP contribution in [0.1, 0.15) is 25.0 Å². The summed E-state index contributed by atoms with van der Waals surface area (Å²) < 4.78 is 27.5. The Labute approximate surface area is 95.1 Å². The van der Waals surface area contributed by atoms with E-state index in [1.54, 1.807) is 0 Å². The Morgan fingerprint density at radius 3 is 2.50 bits per heavy atom. The van der Waals surface area contributed by atoms with Gasteiger partial charge in [-0.15, -0.1) is 0 Å². The van der Waals surface area contributed by atoms with Crippen LogP contribution in [0.15, 0.2) is 30.3 Å². The molecule has 4 nitrogen and oxygen atoms in total. The molecule has 1 atom stereocenters. The SMILES string of the molecule is C[C@@H](OP1(=O)OCCCO1)c1ccccc1. The summed E-state index contributed by atoms with van der Waals surface area (Å²) in [6, 6.07) is 9.58. The third-order valence-corrected chi connectivity index (χ3v) is 3.92. The van der Waals surface area contributed by atoms with E-state index in [2.05, 4.69) is 0 Å². The highest BCUT2D eigenvalue weighted by molar-refractivity contribution is 7.48. The van der Waals surface area contributed by atoms with Crippen LogP contribution in [0.25, 0.3) is 0 Å². The number of phosphoric ester groups is 1. The van der Waals surface area contributed by atoms with Crippen LogP contribution in [0, 0.1) is 0 Å². The first-order valence-corrected chi connectivity index (χ1v) is 6.78. The molecule has 0 spiro atoms. The van der Waals surface area contributed by atoms with E-state index in [-0.39, 0.29) is 6.10 Å². The molecule has 0 saturated carbocycles. The Bertz CT molecular complexity index is 369. The van der Waals surface area contributed by atoms with Gasteiger partial charge in [0.1, 0.15) is 0 Å². The van der Waals surface area contributed by atoms with E-state index in [0.717, 1.165) is 12.0 Å². The van der Waals surface area contributed by atoms with Gasteiger partial charge in [-0.3, -0.25) is 13.6 Å².